The lowest BCUT2D eigenvalue weighted by Gasteiger charge is -2.25. The van der Waals surface area contributed by atoms with Gasteiger partial charge in [0, 0.05) is 36.8 Å². The van der Waals surface area contributed by atoms with Crippen molar-refractivity contribution in [1.82, 2.24) is 8.61 Å². The molecule has 8 heteroatoms. The van der Waals surface area contributed by atoms with Gasteiger partial charge in [0.2, 0.25) is 0 Å². The summed E-state index contributed by atoms with van der Waals surface area (Å²) >= 11 is 1.39. The smallest absolute Gasteiger partial charge is 0.281 e. The van der Waals surface area contributed by atoms with Crippen molar-refractivity contribution in [3.05, 3.63) is 34.7 Å². The van der Waals surface area contributed by atoms with Crippen LogP contribution >= 0.6 is 11.3 Å². The quantitative estimate of drug-likeness (QED) is 0.834. The van der Waals surface area contributed by atoms with Crippen molar-refractivity contribution < 1.29 is 13.2 Å². The number of carbonyl (C=O) groups excluding carboxylic acids is 1. The van der Waals surface area contributed by atoms with Crippen molar-refractivity contribution in [1.29, 1.82) is 0 Å². The van der Waals surface area contributed by atoms with Crippen LogP contribution < -0.4 is 5.73 Å². The fraction of sp³-hybridized carbons (Fsp3) is 0.471. The summed E-state index contributed by atoms with van der Waals surface area (Å²) in [6, 6.07) is 7.81. The van der Waals surface area contributed by atoms with Gasteiger partial charge in [0.1, 0.15) is 0 Å². The molecular weight excluding hydrogens is 358 g/mol. The van der Waals surface area contributed by atoms with E-state index < -0.39 is 16.1 Å². The van der Waals surface area contributed by atoms with Crippen LogP contribution in [0.25, 0.3) is 10.1 Å². The molecule has 1 aromatic heterocycles. The third-order valence-corrected chi connectivity index (χ3v) is 8.13. The zero-order valence-corrected chi connectivity index (χ0v) is 16.1. The average Bonchev–Trinajstić information content (AvgIpc) is 3.20. The van der Waals surface area contributed by atoms with Gasteiger partial charge < -0.3 is 5.73 Å². The molecule has 1 saturated heterocycles. The van der Waals surface area contributed by atoms with Gasteiger partial charge in [-0.1, -0.05) is 32.0 Å². The van der Waals surface area contributed by atoms with E-state index in [4.69, 9.17) is 5.73 Å². The number of carbonyl (C=O) groups is 1. The monoisotopic (exact) mass is 381 g/mol. The molecule has 1 aliphatic rings. The maximum Gasteiger partial charge on any atom is 0.281 e. The Bertz CT molecular complexity index is 888. The first-order valence-corrected chi connectivity index (χ1v) is 10.7. The third-order valence-electron chi connectivity index (χ3n) is 4.77. The predicted molar refractivity (Wildman–Crippen MR) is 101 cm³/mol. The second-order valence-electron chi connectivity index (χ2n) is 6.14. The zero-order valence-electron chi connectivity index (χ0n) is 14.4. The van der Waals surface area contributed by atoms with E-state index in [9.17, 15) is 13.2 Å². The standard InChI is InChI=1S/C17H23N3O3S2/c1-3-19(4-2)25(22,23)20-10-9-12(11-20)15-13-7-5-6-8-14(13)24-16(15)17(18)21/h5-8,12H,3-4,9-11H2,1-2H3,(H2,18,21)/t12-/m0/s1. The maximum absolute atomic E-state index is 12.8. The van der Waals surface area contributed by atoms with Crippen LogP contribution in [0, 0.1) is 0 Å². The summed E-state index contributed by atoms with van der Waals surface area (Å²) in [5, 5.41) is 1.01. The molecule has 1 aliphatic heterocycles. The van der Waals surface area contributed by atoms with Crippen LogP contribution in [-0.2, 0) is 10.2 Å². The Kier molecular flexibility index (Phi) is 5.15. The highest BCUT2D eigenvalue weighted by Gasteiger charge is 2.37. The summed E-state index contributed by atoms with van der Waals surface area (Å²) in [4.78, 5) is 12.5. The van der Waals surface area contributed by atoms with E-state index in [0.29, 0.717) is 37.5 Å². The van der Waals surface area contributed by atoms with E-state index in [1.54, 1.807) is 0 Å². The molecule has 0 aliphatic carbocycles. The van der Waals surface area contributed by atoms with Crippen LogP contribution in [0.4, 0.5) is 0 Å². The number of thiophene rings is 1. The summed E-state index contributed by atoms with van der Waals surface area (Å²) in [5.74, 6) is -0.453. The van der Waals surface area contributed by atoms with E-state index >= 15 is 0 Å². The molecule has 25 heavy (non-hydrogen) atoms. The van der Waals surface area contributed by atoms with E-state index in [2.05, 4.69) is 0 Å². The highest BCUT2D eigenvalue weighted by Crippen LogP contribution is 2.40. The van der Waals surface area contributed by atoms with Crippen LogP contribution in [0.2, 0.25) is 0 Å². The van der Waals surface area contributed by atoms with Crippen LogP contribution in [0.15, 0.2) is 24.3 Å². The molecule has 1 atom stereocenters. The Morgan fingerprint density at radius 2 is 2.00 bits per heavy atom. The number of rotatable bonds is 6. The summed E-state index contributed by atoms with van der Waals surface area (Å²) in [6.07, 6.45) is 0.696. The number of nitrogens with zero attached hydrogens (tertiary/aromatic N) is 2. The number of hydrogen-bond donors (Lipinski definition) is 1. The fourth-order valence-electron chi connectivity index (χ4n) is 3.54. The van der Waals surface area contributed by atoms with Crippen molar-refractivity contribution in [3.63, 3.8) is 0 Å². The Hall–Kier alpha value is -1.48. The molecule has 2 heterocycles. The van der Waals surface area contributed by atoms with E-state index in [1.165, 1.54) is 19.9 Å². The third kappa shape index (κ3) is 3.19. The summed E-state index contributed by atoms with van der Waals surface area (Å²) in [6.45, 7) is 5.44. The molecule has 0 radical (unpaired) electrons. The van der Waals surface area contributed by atoms with Gasteiger partial charge in [-0.15, -0.1) is 11.3 Å². The number of primary amides is 1. The van der Waals surface area contributed by atoms with Gasteiger partial charge in [0.15, 0.2) is 0 Å². The highest BCUT2D eigenvalue weighted by atomic mass is 32.2. The SMILES string of the molecule is CCN(CC)S(=O)(=O)N1CC[C@H](c2c(C(N)=O)sc3ccccc23)C1. The van der Waals surface area contributed by atoms with E-state index in [-0.39, 0.29) is 5.92 Å². The second-order valence-corrected chi connectivity index (χ2v) is 9.12. The summed E-state index contributed by atoms with van der Waals surface area (Å²) < 4.78 is 29.5. The number of nitrogens with two attached hydrogens (primary N) is 1. The summed E-state index contributed by atoms with van der Waals surface area (Å²) in [5.41, 5.74) is 6.50. The molecule has 6 nitrogen and oxygen atoms in total. The molecule has 1 fully saturated rings. The fourth-order valence-corrected chi connectivity index (χ4v) is 6.37. The van der Waals surface area contributed by atoms with Crippen LogP contribution in [0.1, 0.15) is 41.4 Å². The lowest BCUT2D eigenvalue weighted by molar-refractivity contribution is 0.100. The predicted octanol–water partition coefficient (Wildman–Crippen LogP) is 2.38. The summed E-state index contributed by atoms with van der Waals surface area (Å²) in [7, 11) is -3.46. The Balaban J connectivity index is 1.96. The number of hydrogen-bond acceptors (Lipinski definition) is 4. The van der Waals surface area contributed by atoms with Gasteiger partial charge in [0.05, 0.1) is 4.88 Å². The lowest BCUT2D eigenvalue weighted by atomic mass is 9.95. The van der Waals surface area contributed by atoms with E-state index in [0.717, 1.165) is 15.6 Å². The second kappa shape index (κ2) is 7.03. The van der Waals surface area contributed by atoms with Crippen molar-refractivity contribution >= 4 is 37.5 Å². The number of fused-ring (bicyclic) bond motifs is 1. The van der Waals surface area contributed by atoms with Crippen molar-refractivity contribution in [3.8, 4) is 0 Å². The first-order valence-electron chi connectivity index (χ1n) is 8.46. The Labute approximate surface area is 152 Å². The molecule has 0 bridgehead atoms. The van der Waals surface area contributed by atoms with Crippen LogP contribution in [0.5, 0.6) is 0 Å². The molecule has 2 aromatic rings. The van der Waals surface area contributed by atoms with E-state index in [1.807, 2.05) is 38.1 Å². The molecule has 1 aromatic carbocycles. The van der Waals surface area contributed by atoms with Crippen LogP contribution in [-0.4, -0.2) is 49.1 Å². The molecule has 0 unspecified atom stereocenters. The molecule has 3 rings (SSSR count). The number of amides is 1. The first-order chi connectivity index (χ1) is 11.9. The first kappa shape index (κ1) is 18.3. The number of benzene rings is 1. The average molecular weight is 382 g/mol. The maximum atomic E-state index is 12.8. The van der Waals surface area contributed by atoms with Gasteiger partial charge in [-0.3, -0.25) is 4.79 Å². The molecule has 1 amide bonds. The molecule has 0 saturated carbocycles. The van der Waals surface area contributed by atoms with Gasteiger partial charge in [-0.25, -0.2) is 0 Å². The van der Waals surface area contributed by atoms with Gasteiger partial charge in [-0.2, -0.15) is 17.0 Å². The minimum Gasteiger partial charge on any atom is -0.365 e. The normalized spacial score (nSPS) is 19.1. The van der Waals surface area contributed by atoms with Gasteiger partial charge >= 0.3 is 0 Å². The lowest BCUT2D eigenvalue weighted by Crippen LogP contribution is -2.42. The minimum absolute atomic E-state index is 0.0102. The van der Waals surface area contributed by atoms with Crippen LogP contribution in [0.3, 0.4) is 0 Å². The Morgan fingerprint density at radius 3 is 2.64 bits per heavy atom. The minimum atomic E-state index is -3.46. The molecule has 0 spiro atoms. The molecular formula is C17H23N3O3S2. The van der Waals surface area contributed by atoms with Crippen molar-refractivity contribution in [2.24, 2.45) is 5.73 Å². The van der Waals surface area contributed by atoms with Gasteiger partial charge in [-0.05, 0) is 23.4 Å². The largest absolute Gasteiger partial charge is 0.365 e. The molecule has 2 N–H and O–H groups in total. The van der Waals surface area contributed by atoms with Gasteiger partial charge in [0.25, 0.3) is 16.1 Å². The van der Waals surface area contributed by atoms with Crippen molar-refractivity contribution in [2.45, 2.75) is 26.2 Å². The zero-order chi connectivity index (χ0) is 18.2. The highest BCUT2D eigenvalue weighted by molar-refractivity contribution is 7.86. The molecule has 136 valence electrons. The Morgan fingerprint density at radius 1 is 1.32 bits per heavy atom. The van der Waals surface area contributed by atoms with Crippen molar-refractivity contribution in [2.75, 3.05) is 26.2 Å². The topological polar surface area (TPSA) is 83.7 Å².